The molecule has 0 saturated heterocycles. The van der Waals surface area contributed by atoms with Crippen molar-refractivity contribution < 1.29 is 9.53 Å². The van der Waals surface area contributed by atoms with Crippen LogP contribution < -0.4 is 21.1 Å². The molecule has 2 aromatic rings. The molecule has 2 atom stereocenters. The lowest BCUT2D eigenvalue weighted by Gasteiger charge is -2.17. The summed E-state index contributed by atoms with van der Waals surface area (Å²) in [7, 11) is 1.66. The largest absolute Gasteiger partial charge is 0.497 e. The van der Waals surface area contributed by atoms with Crippen molar-refractivity contribution in [1.82, 2.24) is 10.3 Å². The van der Waals surface area contributed by atoms with Gasteiger partial charge < -0.3 is 21.1 Å². The Hall–Kier alpha value is -2.34. The molecule has 0 fully saturated rings. The standard InChI is InChI=1S/C18H26N4O2/c1-12(6-4-9-21-18(23)13(2)19)22-16-11-15(24-3)10-14-7-5-8-20-17(14)16/h5,7-8,10-13,22H,4,6,9,19H2,1-3H3,(H,21,23). The summed E-state index contributed by atoms with van der Waals surface area (Å²) < 4.78 is 5.36. The highest BCUT2D eigenvalue weighted by Gasteiger charge is 2.10. The van der Waals surface area contributed by atoms with Crippen molar-refractivity contribution in [3.63, 3.8) is 0 Å². The topological polar surface area (TPSA) is 89.3 Å². The molecule has 24 heavy (non-hydrogen) atoms. The van der Waals surface area contributed by atoms with Crippen LogP contribution in [0.5, 0.6) is 5.75 Å². The molecule has 2 unspecified atom stereocenters. The average molecular weight is 330 g/mol. The van der Waals surface area contributed by atoms with Crippen LogP contribution in [-0.4, -0.2) is 36.6 Å². The first kappa shape index (κ1) is 18.0. The van der Waals surface area contributed by atoms with Gasteiger partial charge in [0.15, 0.2) is 0 Å². The Morgan fingerprint density at radius 2 is 2.17 bits per heavy atom. The summed E-state index contributed by atoms with van der Waals surface area (Å²) >= 11 is 0. The number of rotatable bonds is 8. The van der Waals surface area contributed by atoms with Gasteiger partial charge in [0, 0.05) is 30.2 Å². The third-order valence-electron chi connectivity index (χ3n) is 3.84. The monoisotopic (exact) mass is 330 g/mol. The van der Waals surface area contributed by atoms with E-state index in [1.165, 1.54) is 0 Å². The Bertz CT molecular complexity index is 688. The third kappa shape index (κ3) is 4.83. The number of amides is 1. The lowest BCUT2D eigenvalue weighted by molar-refractivity contribution is -0.121. The number of fused-ring (bicyclic) bond motifs is 1. The molecule has 4 N–H and O–H groups in total. The van der Waals surface area contributed by atoms with Gasteiger partial charge >= 0.3 is 0 Å². The van der Waals surface area contributed by atoms with Crippen LogP contribution in [0.3, 0.4) is 0 Å². The van der Waals surface area contributed by atoms with Crippen molar-refractivity contribution in [2.45, 2.75) is 38.8 Å². The first-order valence-corrected chi connectivity index (χ1v) is 8.24. The Morgan fingerprint density at radius 1 is 1.38 bits per heavy atom. The number of hydrogen-bond donors (Lipinski definition) is 3. The molecule has 2 rings (SSSR count). The number of methoxy groups -OCH3 is 1. The highest BCUT2D eigenvalue weighted by Crippen LogP contribution is 2.28. The van der Waals surface area contributed by atoms with E-state index in [0.29, 0.717) is 6.54 Å². The maximum atomic E-state index is 11.4. The summed E-state index contributed by atoms with van der Waals surface area (Å²) in [5.74, 6) is 0.688. The molecule has 0 radical (unpaired) electrons. The quantitative estimate of drug-likeness (QED) is 0.646. The maximum Gasteiger partial charge on any atom is 0.236 e. The summed E-state index contributed by atoms with van der Waals surface area (Å²) in [6.45, 7) is 4.42. The molecule has 0 aliphatic rings. The zero-order chi connectivity index (χ0) is 17.5. The highest BCUT2D eigenvalue weighted by molar-refractivity contribution is 5.91. The number of pyridine rings is 1. The fourth-order valence-electron chi connectivity index (χ4n) is 2.51. The summed E-state index contributed by atoms with van der Waals surface area (Å²) in [4.78, 5) is 15.9. The number of nitrogens with one attached hydrogen (secondary N) is 2. The molecule has 1 heterocycles. The van der Waals surface area contributed by atoms with Gasteiger partial charge in [0.25, 0.3) is 0 Å². The number of nitrogens with two attached hydrogens (primary N) is 1. The van der Waals surface area contributed by atoms with Crippen molar-refractivity contribution in [3.8, 4) is 5.75 Å². The summed E-state index contributed by atoms with van der Waals surface area (Å²) in [5.41, 5.74) is 7.40. The van der Waals surface area contributed by atoms with Crippen LogP contribution in [0.15, 0.2) is 30.5 Å². The molecule has 1 amide bonds. The van der Waals surface area contributed by atoms with Crippen LogP contribution in [0.4, 0.5) is 5.69 Å². The molecule has 1 aromatic heterocycles. The number of carbonyl (C=O) groups excluding carboxylic acids is 1. The fraction of sp³-hybridized carbons (Fsp3) is 0.444. The van der Waals surface area contributed by atoms with E-state index in [4.69, 9.17) is 10.5 Å². The Balaban J connectivity index is 1.95. The lowest BCUT2D eigenvalue weighted by atomic mass is 10.1. The van der Waals surface area contributed by atoms with Crippen LogP contribution >= 0.6 is 0 Å². The van der Waals surface area contributed by atoms with Crippen LogP contribution in [0, 0.1) is 0 Å². The number of hydrogen-bond acceptors (Lipinski definition) is 5. The smallest absolute Gasteiger partial charge is 0.236 e. The van der Waals surface area contributed by atoms with E-state index in [9.17, 15) is 4.79 Å². The zero-order valence-corrected chi connectivity index (χ0v) is 14.5. The van der Waals surface area contributed by atoms with E-state index in [-0.39, 0.29) is 11.9 Å². The van der Waals surface area contributed by atoms with Gasteiger partial charge in [-0.1, -0.05) is 6.07 Å². The first-order valence-electron chi connectivity index (χ1n) is 8.24. The second-order valence-corrected chi connectivity index (χ2v) is 6.02. The minimum atomic E-state index is -0.463. The average Bonchev–Trinajstić information content (AvgIpc) is 2.58. The van der Waals surface area contributed by atoms with Crippen LogP contribution in [0.1, 0.15) is 26.7 Å². The van der Waals surface area contributed by atoms with Gasteiger partial charge in [0.2, 0.25) is 5.91 Å². The minimum absolute atomic E-state index is 0.112. The first-order chi connectivity index (χ1) is 11.5. The summed E-state index contributed by atoms with van der Waals surface area (Å²) in [5, 5.41) is 7.35. The molecule has 1 aromatic carbocycles. The van der Waals surface area contributed by atoms with Crippen LogP contribution in [0.25, 0.3) is 10.9 Å². The molecule has 0 saturated carbocycles. The Kier molecular flexibility index (Phi) is 6.37. The number of nitrogens with zero attached hydrogens (tertiary/aromatic N) is 1. The number of carbonyl (C=O) groups is 1. The van der Waals surface area contributed by atoms with Gasteiger partial charge in [-0.2, -0.15) is 0 Å². The molecular formula is C18H26N4O2. The molecule has 130 valence electrons. The van der Waals surface area contributed by atoms with Crippen molar-refractivity contribution >= 4 is 22.5 Å². The van der Waals surface area contributed by atoms with E-state index in [2.05, 4.69) is 22.5 Å². The van der Waals surface area contributed by atoms with Crippen LogP contribution in [0.2, 0.25) is 0 Å². The summed E-state index contributed by atoms with van der Waals surface area (Å²) in [6.07, 6.45) is 3.58. The fourth-order valence-corrected chi connectivity index (χ4v) is 2.51. The van der Waals surface area contributed by atoms with Crippen molar-refractivity contribution in [2.75, 3.05) is 19.0 Å². The number of anilines is 1. The van der Waals surface area contributed by atoms with Gasteiger partial charge in [-0.15, -0.1) is 0 Å². The Morgan fingerprint density at radius 3 is 2.88 bits per heavy atom. The maximum absolute atomic E-state index is 11.4. The van der Waals surface area contributed by atoms with E-state index < -0.39 is 6.04 Å². The third-order valence-corrected chi connectivity index (χ3v) is 3.84. The second-order valence-electron chi connectivity index (χ2n) is 6.02. The number of benzene rings is 1. The van der Waals surface area contributed by atoms with Crippen molar-refractivity contribution in [3.05, 3.63) is 30.5 Å². The Labute approximate surface area is 142 Å². The normalized spacial score (nSPS) is 13.3. The zero-order valence-electron chi connectivity index (χ0n) is 14.5. The number of aromatic nitrogens is 1. The van der Waals surface area contributed by atoms with E-state index in [1.807, 2.05) is 24.3 Å². The molecule has 6 heteroatoms. The van der Waals surface area contributed by atoms with Gasteiger partial charge in [0.05, 0.1) is 24.4 Å². The molecular weight excluding hydrogens is 304 g/mol. The van der Waals surface area contributed by atoms with Crippen molar-refractivity contribution in [1.29, 1.82) is 0 Å². The van der Waals surface area contributed by atoms with Gasteiger partial charge in [-0.3, -0.25) is 9.78 Å². The molecule has 0 bridgehead atoms. The van der Waals surface area contributed by atoms with Crippen LogP contribution in [-0.2, 0) is 4.79 Å². The van der Waals surface area contributed by atoms with Gasteiger partial charge in [-0.05, 0) is 38.8 Å². The van der Waals surface area contributed by atoms with Crippen molar-refractivity contribution in [2.24, 2.45) is 5.73 Å². The molecule has 0 aliphatic carbocycles. The molecule has 0 spiro atoms. The second kappa shape index (κ2) is 8.49. The minimum Gasteiger partial charge on any atom is -0.497 e. The highest BCUT2D eigenvalue weighted by atomic mass is 16.5. The lowest BCUT2D eigenvalue weighted by Crippen LogP contribution is -2.38. The molecule has 0 aliphatic heterocycles. The SMILES string of the molecule is COc1cc(NC(C)CCCNC(=O)C(C)N)c2ncccc2c1. The van der Waals surface area contributed by atoms with E-state index in [1.54, 1.807) is 20.2 Å². The van der Waals surface area contributed by atoms with E-state index in [0.717, 1.165) is 35.2 Å². The number of ether oxygens (including phenoxy) is 1. The predicted molar refractivity (Wildman–Crippen MR) is 97.3 cm³/mol. The van der Waals surface area contributed by atoms with E-state index >= 15 is 0 Å². The predicted octanol–water partition coefficient (Wildman–Crippen LogP) is 2.29. The van der Waals surface area contributed by atoms with Gasteiger partial charge in [0.1, 0.15) is 5.75 Å². The summed E-state index contributed by atoms with van der Waals surface area (Å²) in [6, 6.07) is 7.65. The molecule has 6 nitrogen and oxygen atoms in total. The van der Waals surface area contributed by atoms with Gasteiger partial charge in [-0.25, -0.2) is 0 Å².